The fourth-order valence-corrected chi connectivity index (χ4v) is 3.38. The molecule has 8 heteroatoms. The first-order valence-corrected chi connectivity index (χ1v) is 8.21. The van der Waals surface area contributed by atoms with Crippen molar-refractivity contribution in [2.45, 2.75) is 11.1 Å². The average molecular weight is 313 g/mol. The Balaban J connectivity index is 2.49. The minimum atomic E-state index is -3.51. The molecule has 0 atom stereocenters. The Labute approximate surface area is 119 Å². The Hall–Kier alpha value is -1.93. The molecule has 2 aromatic rings. The lowest BCUT2D eigenvalue weighted by atomic mass is 10.2. The lowest BCUT2D eigenvalue weighted by Crippen LogP contribution is -1.92. The molecular formula is C12H11NO5S2. The summed E-state index contributed by atoms with van der Waals surface area (Å²) < 4.78 is 28.3. The number of thiophene rings is 1. The molecule has 0 spiro atoms. The molecule has 0 saturated carbocycles. The molecule has 0 N–H and O–H groups in total. The first-order valence-electron chi connectivity index (χ1n) is 5.51. The highest BCUT2D eigenvalue weighted by molar-refractivity contribution is 7.92. The Morgan fingerprint density at radius 2 is 1.95 bits per heavy atom. The summed E-state index contributed by atoms with van der Waals surface area (Å²) in [6, 6.07) is 8.03. The summed E-state index contributed by atoms with van der Waals surface area (Å²) >= 11 is 0.746. The van der Waals surface area contributed by atoms with Crippen LogP contribution in [-0.2, 0) is 9.84 Å². The van der Waals surface area contributed by atoms with E-state index >= 15 is 0 Å². The van der Waals surface area contributed by atoms with Crippen molar-refractivity contribution in [1.82, 2.24) is 0 Å². The number of nitro groups is 1. The van der Waals surface area contributed by atoms with Gasteiger partial charge in [-0.15, -0.1) is 0 Å². The van der Waals surface area contributed by atoms with Crippen molar-refractivity contribution in [1.29, 1.82) is 0 Å². The second-order valence-corrected chi connectivity index (χ2v) is 7.39. The number of para-hydroxylation sites is 1. The van der Waals surface area contributed by atoms with Crippen molar-refractivity contribution in [2.75, 3.05) is 6.26 Å². The van der Waals surface area contributed by atoms with Crippen molar-refractivity contribution in [3.05, 3.63) is 46.0 Å². The molecule has 2 rings (SSSR count). The monoisotopic (exact) mass is 313 g/mol. The van der Waals surface area contributed by atoms with Gasteiger partial charge in [0, 0.05) is 12.3 Å². The number of nitrogens with zero attached hydrogens (tertiary/aromatic N) is 1. The third-order valence-electron chi connectivity index (χ3n) is 2.52. The van der Waals surface area contributed by atoms with Crippen LogP contribution in [0.25, 0.3) is 0 Å². The lowest BCUT2D eigenvalue weighted by molar-refractivity contribution is -0.385. The molecule has 0 amide bonds. The molecule has 0 aliphatic carbocycles. The van der Waals surface area contributed by atoms with E-state index in [4.69, 9.17) is 4.74 Å². The Bertz CT molecular complexity index is 764. The van der Waals surface area contributed by atoms with Crippen LogP contribution in [0.2, 0.25) is 0 Å². The zero-order valence-electron chi connectivity index (χ0n) is 10.7. The SMILES string of the molecule is Cc1ccccc1Oc1sc(S(C)(=O)=O)cc1[N+](=O)[O-]. The fourth-order valence-electron chi connectivity index (χ4n) is 1.50. The van der Waals surface area contributed by atoms with Gasteiger partial charge < -0.3 is 4.74 Å². The number of aryl methyl sites for hydroxylation is 1. The molecule has 0 bridgehead atoms. The molecule has 1 heterocycles. The third-order valence-corrected chi connectivity index (χ3v) is 5.32. The summed E-state index contributed by atoms with van der Waals surface area (Å²) in [6.07, 6.45) is 1.00. The van der Waals surface area contributed by atoms with Gasteiger partial charge >= 0.3 is 5.69 Å². The van der Waals surface area contributed by atoms with Crippen molar-refractivity contribution in [3.8, 4) is 10.8 Å². The van der Waals surface area contributed by atoms with Gasteiger partial charge in [-0.1, -0.05) is 29.5 Å². The van der Waals surface area contributed by atoms with Crippen molar-refractivity contribution >= 4 is 26.9 Å². The molecule has 0 aliphatic rings. The number of hydrogen-bond donors (Lipinski definition) is 0. The smallest absolute Gasteiger partial charge is 0.324 e. The highest BCUT2D eigenvalue weighted by atomic mass is 32.2. The first kappa shape index (κ1) is 14.5. The van der Waals surface area contributed by atoms with Crippen LogP contribution in [0.1, 0.15) is 5.56 Å². The maximum Gasteiger partial charge on any atom is 0.324 e. The van der Waals surface area contributed by atoms with Gasteiger partial charge in [0.15, 0.2) is 9.84 Å². The zero-order valence-corrected chi connectivity index (χ0v) is 12.3. The Morgan fingerprint density at radius 3 is 2.50 bits per heavy atom. The van der Waals surface area contributed by atoms with Crippen LogP contribution in [0.15, 0.2) is 34.5 Å². The summed E-state index contributed by atoms with van der Waals surface area (Å²) in [5.74, 6) is 0.456. The van der Waals surface area contributed by atoms with Gasteiger partial charge in [-0.2, -0.15) is 0 Å². The number of ether oxygens (including phenoxy) is 1. The predicted octanol–water partition coefficient (Wildman–Crippen LogP) is 3.16. The van der Waals surface area contributed by atoms with E-state index in [1.807, 2.05) is 6.07 Å². The number of sulfone groups is 1. The maximum atomic E-state index is 11.5. The first-order chi connectivity index (χ1) is 9.29. The number of benzene rings is 1. The van der Waals surface area contributed by atoms with E-state index in [1.165, 1.54) is 0 Å². The normalized spacial score (nSPS) is 11.3. The van der Waals surface area contributed by atoms with Gasteiger partial charge in [0.1, 0.15) is 9.96 Å². The van der Waals surface area contributed by atoms with Crippen LogP contribution in [0.3, 0.4) is 0 Å². The number of rotatable bonds is 4. The second-order valence-electron chi connectivity index (χ2n) is 4.13. The van der Waals surface area contributed by atoms with Gasteiger partial charge in [0.25, 0.3) is 5.06 Å². The van der Waals surface area contributed by atoms with Crippen molar-refractivity contribution < 1.29 is 18.1 Å². The van der Waals surface area contributed by atoms with Crippen LogP contribution in [0.4, 0.5) is 5.69 Å². The molecule has 0 aliphatic heterocycles. The van der Waals surface area contributed by atoms with Crippen LogP contribution in [0.5, 0.6) is 10.8 Å². The Kier molecular flexibility index (Phi) is 3.78. The molecule has 6 nitrogen and oxygen atoms in total. The van der Waals surface area contributed by atoms with E-state index in [2.05, 4.69) is 0 Å². The molecule has 0 unspecified atom stereocenters. The lowest BCUT2D eigenvalue weighted by Gasteiger charge is -2.05. The maximum absolute atomic E-state index is 11.5. The summed E-state index contributed by atoms with van der Waals surface area (Å²) in [6.45, 7) is 1.80. The van der Waals surface area contributed by atoms with Crippen LogP contribution in [0, 0.1) is 17.0 Å². The quantitative estimate of drug-likeness (QED) is 0.639. The van der Waals surface area contributed by atoms with Crippen molar-refractivity contribution in [3.63, 3.8) is 0 Å². The van der Waals surface area contributed by atoms with Crippen LogP contribution in [-0.4, -0.2) is 19.6 Å². The largest absolute Gasteiger partial charge is 0.440 e. The van der Waals surface area contributed by atoms with Gasteiger partial charge in [-0.3, -0.25) is 10.1 Å². The van der Waals surface area contributed by atoms with E-state index in [1.54, 1.807) is 25.1 Å². The molecule has 0 radical (unpaired) electrons. The third kappa shape index (κ3) is 2.97. The molecule has 1 aromatic heterocycles. The molecule has 106 valence electrons. The van der Waals surface area contributed by atoms with Gasteiger partial charge in [-0.25, -0.2) is 8.42 Å². The van der Waals surface area contributed by atoms with Crippen LogP contribution >= 0.6 is 11.3 Å². The molecular weight excluding hydrogens is 302 g/mol. The predicted molar refractivity (Wildman–Crippen MR) is 75.3 cm³/mol. The van der Waals surface area contributed by atoms with Gasteiger partial charge in [0.2, 0.25) is 0 Å². The van der Waals surface area contributed by atoms with Gasteiger partial charge in [0.05, 0.1) is 4.92 Å². The summed E-state index contributed by atoms with van der Waals surface area (Å²) in [5, 5.41) is 10.9. The minimum absolute atomic E-state index is 0.0373. The summed E-state index contributed by atoms with van der Waals surface area (Å²) in [5.41, 5.74) is 0.454. The average Bonchev–Trinajstić information content (AvgIpc) is 2.76. The summed E-state index contributed by atoms with van der Waals surface area (Å²) in [7, 11) is -3.51. The molecule has 20 heavy (non-hydrogen) atoms. The van der Waals surface area contributed by atoms with E-state index in [0.717, 1.165) is 29.2 Å². The standard InChI is InChI=1S/C12H11NO5S2/c1-8-5-3-4-6-10(8)18-12-9(13(14)15)7-11(19-12)20(2,16)17/h3-7H,1-2H3. The highest BCUT2D eigenvalue weighted by Crippen LogP contribution is 2.42. The second kappa shape index (κ2) is 5.22. The zero-order chi connectivity index (χ0) is 14.9. The molecule has 1 aromatic carbocycles. The fraction of sp³-hybridized carbons (Fsp3) is 0.167. The molecule has 0 saturated heterocycles. The highest BCUT2D eigenvalue weighted by Gasteiger charge is 2.25. The Morgan fingerprint density at radius 1 is 1.30 bits per heavy atom. The van der Waals surface area contributed by atoms with Crippen LogP contribution < -0.4 is 4.74 Å². The van der Waals surface area contributed by atoms with E-state index in [9.17, 15) is 18.5 Å². The topological polar surface area (TPSA) is 86.5 Å². The van der Waals surface area contributed by atoms with Crippen molar-refractivity contribution in [2.24, 2.45) is 0 Å². The van der Waals surface area contributed by atoms with E-state index < -0.39 is 14.8 Å². The summed E-state index contributed by atoms with van der Waals surface area (Å²) in [4.78, 5) is 10.3. The van der Waals surface area contributed by atoms with E-state index in [-0.39, 0.29) is 15.0 Å². The molecule has 0 fully saturated rings. The van der Waals surface area contributed by atoms with E-state index in [0.29, 0.717) is 5.75 Å². The van der Waals surface area contributed by atoms with Gasteiger partial charge in [-0.05, 0) is 18.6 Å². The minimum Gasteiger partial charge on any atom is -0.440 e. The number of hydrogen-bond acceptors (Lipinski definition) is 6.